The maximum absolute atomic E-state index is 13.4. The fraction of sp³-hybridized carbons (Fsp3) is 0.133. The molecule has 0 bridgehead atoms. The number of benzene rings is 2. The van der Waals surface area contributed by atoms with Crippen molar-refractivity contribution in [3.8, 4) is 11.5 Å². The van der Waals surface area contributed by atoms with Crippen LogP contribution < -0.4 is 4.74 Å². The molecule has 8 heteroatoms. The van der Waals surface area contributed by atoms with E-state index >= 15 is 0 Å². The number of methoxy groups -OCH3 is 1. The van der Waals surface area contributed by atoms with Crippen LogP contribution in [0.25, 0.3) is 0 Å². The van der Waals surface area contributed by atoms with Gasteiger partial charge in [0.15, 0.2) is 11.6 Å². The van der Waals surface area contributed by atoms with Crippen LogP contribution in [0.15, 0.2) is 35.3 Å². The van der Waals surface area contributed by atoms with Crippen molar-refractivity contribution in [1.82, 2.24) is 0 Å². The molecule has 0 fully saturated rings. The Balaban J connectivity index is 0.000000816. The van der Waals surface area contributed by atoms with Crippen molar-refractivity contribution in [1.29, 1.82) is 0 Å². The second-order valence-corrected chi connectivity index (χ2v) is 6.86. The summed E-state index contributed by atoms with van der Waals surface area (Å²) >= 11 is -0.556. The first kappa shape index (κ1) is 19.9. The summed E-state index contributed by atoms with van der Waals surface area (Å²) in [6.45, 7) is 1.69. The number of ether oxygens (including phenoxy) is 1. The summed E-state index contributed by atoms with van der Waals surface area (Å²) in [5, 5.41) is 9.90. The van der Waals surface area contributed by atoms with Crippen LogP contribution in [0.5, 0.6) is 11.5 Å². The SMILES string of the molecule is COc1cc(C)c(O)c(C=Nc2c(F)cccc2F)c1.[Cl][Ti][Cl]. The number of phenolic OH excluding ortho intramolecular Hbond substituents is 1. The molecule has 0 heterocycles. The van der Waals surface area contributed by atoms with Gasteiger partial charge in [0.25, 0.3) is 0 Å². The van der Waals surface area contributed by atoms with Crippen LogP contribution in [0.4, 0.5) is 14.5 Å². The Morgan fingerprint density at radius 1 is 1.22 bits per heavy atom. The fourth-order valence-corrected chi connectivity index (χ4v) is 1.74. The summed E-state index contributed by atoms with van der Waals surface area (Å²) in [4.78, 5) is 3.76. The van der Waals surface area contributed by atoms with Crippen LogP contribution >= 0.6 is 18.6 Å². The molecular weight excluding hydrogens is 383 g/mol. The number of rotatable bonds is 3. The molecule has 0 atom stereocenters. The predicted octanol–water partition coefficient (Wildman–Crippen LogP) is 5.11. The van der Waals surface area contributed by atoms with Crippen molar-refractivity contribution < 1.29 is 35.7 Å². The summed E-state index contributed by atoms with van der Waals surface area (Å²) < 4.78 is 31.9. The molecule has 2 aromatic rings. The van der Waals surface area contributed by atoms with E-state index in [9.17, 15) is 13.9 Å². The van der Waals surface area contributed by atoms with E-state index in [1.807, 2.05) is 0 Å². The summed E-state index contributed by atoms with van der Waals surface area (Å²) in [6, 6.07) is 6.68. The van der Waals surface area contributed by atoms with Crippen LogP contribution in [0, 0.1) is 18.6 Å². The zero-order valence-corrected chi connectivity index (χ0v) is 15.4. The molecule has 0 aromatic heterocycles. The van der Waals surface area contributed by atoms with Gasteiger partial charge in [-0.3, -0.25) is 0 Å². The Hall–Kier alpha value is -1.14. The van der Waals surface area contributed by atoms with Gasteiger partial charge in [-0.25, -0.2) is 13.8 Å². The Morgan fingerprint density at radius 2 is 1.78 bits per heavy atom. The van der Waals surface area contributed by atoms with Gasteiger partial charge in [-0.1, -0.05) is 6.07 Å². The van der Waals surface area contributed by atoms with Crippen molar-refractivity contribution >= 4 is 30.5 Å². The first-order valence-corrected chi connectivity index (χ1v) is 10.6. The molecular formula is C15H13Cl2F2NO2Ti. The van der Waals surface area contributed by atoms with Crippen molar-refractivity contribution in [2.24, 2.45) is 4.99 Å². The van der Waals surface area contributed by atoms with E-state index < -0.39 is 34.4 Å². The van der Waals surface area contributed by atoms with E-state index in [0.29, 0.717) is 16.9 Å². The van der Waals surface area contributed by atoms with E-state index in [4.69, 9.17) is 23.3 Å². The van der Waals surface area contributed by atoms with E-state index in [1.165, 1.54) is 25.5 Å². The zero-order chi connectivity index (χ0) is 17.4. The van der Waals surface area contributed by atoms with Gasteiger partial charge >= 0.3 is 35.6 Å². The van der Waals surface area contributed by atoms with Crippen LogP contribution in [0.3, 0.4) is 0 Å². The Labute approximate surface area is 149 Å². The van der Waals surface area contributed by atoms with Crippen molar-refractivity contribution in [2.45, 2.75) is 6.92 Å². The number of nitrogens with zero attached hydrogens (tertiary/aromatic N) is 1. The van der Waals surface area contributed by atoms with Crippen LogP contribution in [-0.2, 0) is 17.0 Å². The monoisotopic (exact) mass is 395 g/mol. The summed E-state index contributed by atoms with van der Waals surface area (Å²) in [5.41, 5.74) is 0.511. The number of hydrogen-bond acceptors (Lipinski definition) is 3. The Kier molecular flexibility index (Phi) is 8.55. The molecule has 2 aromatic carbocycles. The second kappa shape index (κ2) is 9.88. The van der Waals surface area contributed by atoms with Crippen LogP contribution in [0.2, 0.25) is 0 Å². The predicted molar refractivity (Wildman–Crippen MR) is 84.7 cm³/mol. The molecule has 23 heavy (non-hydrogen) atoms. The molecule has 0 aliphatic rings. The second-order valence-electron chi connectivity index (χ2n) is 4.28. The maximum atomic E-state index is 13.4. The van der Waals surface area contributed by atoms with Gasteiger partial charge in [0, 0.05) is 11.8 Å². The standard InChI is InChI=1S/C15H13F2NO2.2ClH.Ti/c1-9-6-11(20-2)7-10(15(9)19)8-18-14-12(16)4-3-5-13(14)17;;;/h3-8,19H,1-2H3;2*1H;/q;;;+2/p-2. The van der Waals surface area contributed by atoms with Gasteiger partial charge in [-0.2, -0.15) is 0 Å². The van der Waals surface area contributed by atoms with Gasteiger partial charge < -0.3 is 9.84 Å². The van der Waals surface area contributed by atoms with Crippen LogP contribution in [-0.4, -0.2) is 18.4 Å². The van der Waals surface area contributed by atoms with Crippen molar-refractivity contribution in [3.05, 3.63) is 53.1 Å². The summed E-state index contributed by atoms with van der Waals surface area (Å²) in [6.07, 6.45) is 1.20. The topological polar surface area (TPSA) is 41.8 Å². The van der Waals surface area contributed by atoms with E-state index in [0.717, 1.165) is 12.1 Å². The molecule has 0 saturated carbocycles. The number of aliphatic imine (C=N–C) groups is 1. The summed E-state index contributed by atoms with van der Waals surface area (Å²) in [5.74, 6) is -1.01. The average molecular weight is 396 g/mol. The van der Waals surface area contributed by atoms with Gasteiger partial charge in [-0.05, 0) is 36.8 Å². The van der Waals surface area contributed by atoms with Gasteiger partial charge in [0.1, 0.15) is 17.2 Å². The number of aromatic hydroxyl groups is 1. The van der Waals surface area contributed by atoms with Crippen molar-refractivity contribution in [2.75, 3.05) is 7.11 Å². The molecule has 0 aliphatic carbocycles. The molecule has 0 spiro atoms. The molecule has 2 rings (SSSR count). The van der Waals surface area contributed by atoms with E-state index in [2.05, 4.69) is 4.99 Å². The molecule has 0 aliphatic heterocycles. The third-order valence-corrected chi connectivity index (χ3v) is 2.81. The first-order valence-electron chi connectivity index (χ1n) is 6.26. The number of hydrogen-bond donors (Lipinski definition) is 1. The number of halogens is 4. The molecule has 1 N–H and O–H groups in total. The first-order chi connectivity index (χ1) is 10.9. The Morgan fingerprint density at radius 3 is 2.30 bits per heavy atom. The van der Waals surface area contributed by atoms with Gasteiger partial charge in [0.2, 0.25) is 0 Å². The molecule has 0 unspecified atom stereocenters. The van der Waals surface area contributed by atoms with Crippen LogP contribution in [0.1, 0.15) is 11.1 Å². The normalized spacial score (nSPS) is 10.2. The molecule has 122 valence electrons. The summed E-state index contributed by atoms with van der Waals surface area (Å²) in [7, 11) is 11.3. The van der Waals surface area contributed by atoms with Crippen molar-refractivity contribution in [3.63, 3.8) is 0 Å². The molecule has 0 amide bonds. The third-order valence-electron chi connectivity index (χ3n) is 2.81. The van der Waals surface area contributed by atoms with E-state index in [-0.39, 0.29) is 5.75 Å². The van der Waals surface area contributed by atoms with E-state index in [1.54, 1.807) is 13.0 Å². The zero-order valence-electron chi connectivity index (χ0n) is 12.3. The minimum absolute atomic E-state index is 0.00806. The molecule has 3 nitrogen and oxygen atoms in total. The number of phenols is 1. The quantitative estimate of drug-likeness (QED) is 0.579. The minimum atomic E-state index is -0.764. The molecule has 0 radical (unpaired) electrons. The fourth-order valence-electron chi connectivity index (χ4n) is 1.74. The number of para-hydroxylation sites is 1. The average Bonchev–Trinajstić information content (AvgIpc) is 2.51. The van der Waals surface area contributed by atoms with Gasteiger partial charge in [0.05, 0.1) is 7.11 Å². The third kappa shape index (κ3) is 5.77. The van der Waals surface area contributed by atoms with Gasteiger partial charge in [-0.15, -0.1) is 0 Å². The number of aryl methyl sites for hydroxylation is 1. The molecule has 0 saturated heterocycles. The Bertz CT molecular complexity index is 679.